The minimum Gasteiger partial charge on any atom is -0.453 e. The Bertz CT molecular complexity index is 389. The lowest BCUT2D eigenvalue weighted by molar-refractivity contribution is 0.168. The molecule has 0 atom stereocenters. The van der Waals surface area contributed by atoms with Crippen LogP contribution in [0.1, 0.15) is 6.92 Å². The monoisotopic (exact) mass is 238 g/mol. The van der Waals surface area contributed by atoms with E-state index < -0.39 is 12.2 Å². The molecule has 1 aromatic rings. The molecule has 17 heavy (non-hydrogen) atoms. The normalized spacial score (nSPS) is 9.29. The molecule has 1 aromatic carbocycles. The number of nitrogens with one attached hydrogen (secondary N) is 2. The van der Waals surface area contributed by atoms with Crippen LogP contribution in [-0.4, -0.2) is 25.9 Å². The van der Waals surface area contributed by atoms with Crippen molar-refractivity contribution in [1.82, 2.24) is 0 Å². The fourth-order valence-electron chi connectivity index (χ4n) is 1.09. The highest BCUT2D eigenvalue weighted by molar-refractivity contribution is 5.87. The Hall–Kier alpha value is -2.24. The van der Waals surface area contributed by atoms with Crippen LogP contribution in [0.25, 0.3) is 0 Å². The molecule has 0 bridgehead atoms. The molecule has 92 valence electrons. The highest BCUT2D eigenvalue weighted by Crippen LogP contribution is 2.13. The maximum Gasteiger partial charge on any atom is 0.411 e. The fraction of sp³-hybridized carbons (Fsp3) is 0.273. The number of ether oxygens (including phenoxy) is 2. The van der Waals surface area contributed by atoms with Crippen LogP contribution in [-0.2, 0) is 9.47 Å². The quantitative estimate of drug-likeness (QED) is 0.847. The van der Waals surface area contributed by atoms with Gasteiger partial charge in [0.15, 0.2) is 0 Å². The third-order valence-corrected chi connectivity index (χ3v) is 1.84. The number of amides is 2. The predicted molar refractivity (Wildman–Crippen MR) is 63.1 cm³/mol. The number of rotatable bonds is 3. The molecular weight excluding hydrogens is 224 g/mol. The van der Waals surface area contributed by atoms with Crippen molar-refractivity contribution >= 4 is 23.6 Å². The average Bonchev–Trinajstić information content (AvgIpc) is 2.32. The second kappa shape index (κ2) is 6.37. The summed E-state index contributed by atoms with van der Waals surface area (Å²) in [5.74, 6) is 0. The molecule has 0 aliphatic heterocycles. The number of carbonyl (C=O) groups is 2. The van der Waals surface area contributed by atoms with E-state index in [2.05, 4.69) is 15.4 Å². The molecule has 0 aliphatic rings. The van der Waals surface area contributed by atoms with E-state index in [0.717, 1.165) is 0 Å². The van der Waals surface area contributed by atoms with Gasteiger partial charge in [-0.05, 0) is 31.2 Å². The number of benzene rings is 1. The maximum atomic E-state index is 11.1. The van der Waals surface area contributed by atoms with Crippen LogP contribution in [0, 0.1) is 0 Å². The molecule has 0 unspecified atom stereocenters. The van der Waals surface area contributed by atoms with Gasteiger partial charge in [0.25, 0.3) is 0 Å². The molecule has 0 aliphatic carbocycles. The van der Waals surface area contributed by atoms with Gasteiger partial charge in [-0.1, -0.05) is 0 Å². The van der Waals surface area contributed by atoms with Gasteiger partial charge in [0.05, 0.1) is 13.7 Å². The minimum atomic E-state index is -0.545. The molecule has 2 amide bonds. The van der Waals surface area contributed by atoms with Gasteiger partial charge in [-0.2, -0.15) is 0 Å². The topological polar surface area (TPSA) is 76.7 Å². The van der Waals surface area contributed by atoms with E-state index in [1.807, 2.05) is 0 Å². The summed E-state index contributed by atoms with van der Waals surface area (Å²) in [6, 6.07) is 6.56. The van der Waals surface area contributed by atoms with E-state index in [1.54, 1.807) is 31.2 Å². The summed E-state index contributed by atoms with van der Waals surface area (Å²) in [5.41, 5.74) is 1.16. The van der Waals surface area contributed by atoms with Crippen molar-refractivity contribution in [2.24, 2.45) is 0 Å². The Morgan fingerprint density at radius 1 is 1.06 bits per heavy atom. The number of hydrogen-bond acceptors (Lipinski definition) is 4. The van der Waals surface area contributed by atoms with Crippen molar-refractivity contribution in [3.05, 3.63) is 24.3 Å². The molecule has 0 aromatic heterocycles. The van der Waals surface area contributed by atoms with Crippen LogP contribution >= 0.6 is 0 Å². The third-order valence-electron chi connectivity index (χ3n) is 1.84. The zero-order valence-corrected chi connectivity index (χ0v) is 9.65. The van der Waals surface area contributed by atoms with Crippen LogP contribution in [0.15, 0.2) is 24.3 Å². The average molecular weight is 238 g/mol. The maximum absolute atomic E-state index is 11.1. The van der Waals surface area contributed by atoms with Gasteiger partial charge < -0.3 is 9.47 Å². The van der Waals surface area contributed by atoms with Crippen LogP contribution in [0.5, 0.6) is 0 Å². The van der Waals surface area contributed by atoms with Gasteiger partial charge in [0.1, 0.15) is 0 Å². The van der Waals surface area contributed by atoms with E-state index in [4.69, 9.17) is 4.74 Å². The van der Waals surface area contributed by atoms with Gasteiger partial charge in [-0.15, -0.1) is 0 Å². The lowest BCUT2D eigenvalue weighted by atomic mass is 10.3. The molecule has 6 heteroatoms. The minimum absolute atomic E-state index is 0.313. The summed E-state index contributed by atoms with van der Waals surface area (Å²) in [6.45, 7) is 2.04. The molecule has 0 saturated heterocycles. The molecule has 0 heterocycles. The molecule has 0 saturated carbocycles. The van der Waals surface area contributed by atoms with E-state index in [0.29, 0.717) is 18.0 Å². The first-order valence-corrected chi connectivity index (χ1v) is 5.04. The smallest absolute Gasteiger partial charge is 0.411 e. The molecular formula is C11H14N2O4. The van der Waals surface area contributed by atoms with Crippen molar-refractivity contribution in [3.8, 4) is 0 Å². The third kappa shape index (κ3) is 4.42. The zero-order chi connectivity index (χ0) is 12.7. The number of methoxy groups -OCH3 is 1. The first kappa shape index (κ1) is 12.8. The van der Waals surface area contributed by atoms with Crippen LogP contribution in [0.4, 0.5) is 21.0 Å². The Kier molecular flexibility index (Phi) is 4.80. The first-order chi connectivity index (χ1) is 8.15. The first-order valence-electron chi connectivity index (χ1n) is 5.04. The highest BCUT2D eigenvalue weighted by atomic mass is 16.5. The van der Waals surface area contributed by atoms with Crippen molar-refractivity contribution in [3.63, 3.8) is 0 Å². The number of anilines is 2. The van der Waals surface area contributed by atoms with Gasteiger partial charge in [0, 0.05) is 11.4 Å². The van der Waals surface area contributed by atoms with E-state index >= 15 is 0 Å². The fourth-order valence-corrected chi connectivity index (χ4v) is 1.09. The summed E-state index contributed by atoms with van der Waals surface area (Å²) in [7, 11) is 1.28. The van der Waals surface area contributed by atoms with Gasteiger partial charge in [-0.25, -0.2) is 9.59 Å². The molecule has 0 radical (unpaired) electrons. The van der Waals surface area contributed by atoms with Crippen molar-refractivity contribution in [2.75, 3.05) is 24.4 Å². The predicted octanol–water partition coefficient (Wildman–Crippen LogP) is 2.43. The molecule has 2 N–H and O–H groups in total. The Morgan fingerprint density at radius 3 is 1.94 bits per heavy atom. The molecule has 1 rings (SSSR count). The second-order valence-corrected chi connectivity index (χ2v) is 3.04. The summed E-state index contributed by atoms with van der Waals surface area (Å²) in [6.07, 6.45) is -1.06. The Balaban J connectivity index is 2.55. The zero-order valence-electron chi connectivity index (χ0n) is 9.65. The van der Waals surface area contributed by atoms with Gasteiger partial charge >= 0.3 is 12.2 Å². The van der Waals surface area contributed by atoms with E-state index in [9.17, 15) is 9.59 Å². The molecule has 6 nitrogen and oxygen atoms in total. The lowest BCUT2D eigenvalue weighted by Gasteiger charge is -2.07. The van der Waals surface area contributed by atoms with Gasteiger partial charge in [0.2, 0.25) is 0 Å². The summed E-state index contributed by atoms with van der Waals surface area (Å²) in [4.78, 5) is 22.0. The van der Waals surface area contributed by atoms with Crippen molar-refractivity contribution in [1.29, 1.82) is 0 Å². The van der Waals surface area contributed by atoms with Gasteiger partial charge in [-0.3, -0.25) is 10.6 Å². The highest BCUT2D eigenvalue weighted by Gasteiger charge is 2.03. The van der Waals surface area contributed by atoms with Crippen molar-refractivity contribution < 1.29 is 19.1 Å². The summed E-state index contributed by atoms with van der Waals surface area (Å²) in [5, 5.41) is 5.02. The Labute approximate surface area is 98.9 Å². The van der Waals surface area contributed by atoms with E-state index in [1.165, 1.54) is 7.11 Å². The SMILES string of the molecule is CCOC(=O)Nc1ccc(NC(=O)OC)cc1. The van der Waals surface area contributed by atoms with Crippen LogP contribution < -0.4 is 10.6 Å². The van der Waals surface area contributed by atoms with Crippen LogP contribution in [0.3, 0.4) is 0 Å². The second-order valence-electron chi connectivity index (χ2n) is 3.04. The van der Waals surface area contributed by atoms with E-state index in [-0.39, 0.29) is 0 Å². The molecule has 0 fully saturated rings. The summed E-state index contributed by atoms with van der Waals surface area (Å²) >= 11 is 0. The molecule has 0 spiro atoms. The number of hydrogen-bond donors (Lipinski definition) is 2. The standard InChI is InChI=1S/C11H14N2O4/c1-3-17-11(15)13-9-6-4-8(5-7-9)12-10(14)16-2/h4-7H,3H2,1-2H3,(H,12,14)(H,13,15). The van der Waals surface area contributed by atoms with Crippen molar-refractivity contribution in [2.45, 2.75) is 6.92 Å². The van der Waals surface area contributed by atoms with Crippen LogP contribution in [0.2, 0.25) is 0 Å². The largest absolute Gasteiger partial charge is 0.453 e. The number of carbonyl (C=O) groups excluding carboxylic acids is 2. The Morgan fingerprint density at radius 2 is 1.53 bits per heavy atom. The summed E-state index contributed by atoms with van der Waals surface area (Å²) < 4.78 is 9.16. The lowest BCUT2D eigenvalue weighted by Crippen LogP contribution is -2.13.